The van der Waals surface area contributed by atoms with Gasteiger partial charge in [0.1, 0.15) is 17.1 Å². The number of pyridine rings is 1. The number of H-pyrrole nitrogens is 1. The molecule has 1 aromatic heterocycles. The molecule has 2 N–H and O–H groups in total. The minimum Gasteiger partial charge on any atom is -0.497 e. The van der Waals surface area contributed by atoms with Crippen LogP contribution in [-0.4, -0.2) is 25.1 Å². The molecule has 0 unspecified atom stereocenters. The first-order valence-electron chi connectivity index (χ1n) is 8.01. The normalized spacial score (nSPS) is 11.3. The number of carbonyl (C=O) groups excluding carboxylic acids is 1. The highest BCUT2D eigenvalue weighted by atomic mass is 19.4. The maximum Gasteiger partial charge on any atom is 0.418 e. The summed E-state index contributed by atoms with van der Waals surface area (Å²) in [5, 5.41) is 2.29. The fraction of sp³-hybridized carbons (Fsp3) is 0.158. The van der Waals surface area contributed by atoms with Crippen molar-refractivity contribution in [1.82, 2.24) is 4.98 Å². The maximum atomic E-state index is 13.1. The van der Waals surface area contributed by atoms with Gasteiger partial charge >= 0.3 is 6.18 Å². The summed E-state index contributed by atoms with van der Waals surface area (Å²) < 4.78 is 49.6. The van der Waals surface area contributed by atoms with Gasteiger partial charge < -0.3 is 19.8 Å². The highest BCUT2D eigenvalue weighted by Gasteiger charge is 2.33. The number of anilines is 1. The molecule has 1 amide bonds. The Hall–Kier alpha value is -3.49. The van der Waals surface area contributed by atoms with E-state index in [1.807, 2.05) is 0 Å². The number of benzene rings is 2. The van der Waals surface area contributed by atoms with E-state index in [2.05, 4.69) is 10.3 Å². The topological polar surface area (TPSA) is 80.4 Å². The first kappa shape index (κ1) is 19.3. The molecule has 0 saturated carbocycles. The van der Waals surface area contributed by atoms with Crippen LogP contribution in [0.3, 0.4) is 0 Å². The molecule has 2 aromatic carbocycles. The SMILES string of the molecule is COc1ccc(NC(=O)c2c[nH]c3c(C(F)(F)F)cccc3c2=O)c(OC)c1. The quantitative estimate of drug-likeness (QED) is 0.708. The first-order valence-corrected chi connectivity index (χ1v) is 8.01. The van der Waals surface area contributed by atoms with E-state index in [0.29, 0.717) is 11.5 Å². The Morgan fingerprint density at radius 1 is 1.11 bits per heavy atom. The fourth-order valence-electron chi connectivity index (χ4n) is 2.75. The molecule has 0 saturated heterocycles. The molecule has 0 aliphatic carbocycles. The van der Waals surface area contributed by atoms with Crippen molar-refractivity contribution in [2.75, 3.05) is 19.5 Å². The summed E-state index contributed by atoms with van der Waals surface area (Å²) in [6, 6.07) is 7.85. The predicted molar refractivity (Wildman–Crippen MR) is 97.1 cm³/mol. The molecule has 0 aliphatic heterocycles. The third kappa shape index (κ3) is 3.51. The Kier molecular flexibility index (Phi) is 5.00. The third-order valence-electron chi connectivity index (χ3n) is 4.12. The Morgan fingerprint density at radius 3 is 2.50 bits per heavy atom. The van der Waals surface area contributed by atoms with Crippen molar-refractivity contribution in [3.05, 3.63) is 63.9 Å². The van der Waals surface area contributed by atoms with Crippen molar-refractivity contribution in [3.8, 4) is 11.5 Å². The minimum absolute atomic E-state index is 0.232. The number of rotatable bonds is 4. The molecule has 9 heteroatoms. The van der Waals surface area contributed by atoms with Crippen molar-refractivity contribution in [1.29, 1.82) is 0 Å². The number of para-hydroxylation sites is 1. The van der Waals surface area contributed by atoms with E-state index in [4.69, 9.17) is 9.47 Å². The number of methoxy groups -OCH3 is 2. The van der Waals surface area contributed by atoms with Crippen molar-refractivity contribution in [3.63, 3.8) is 0 Å². The van der Waals surface area contributed by atoms with Gasteiger partial charge in [-0.1, -0.05) is 6.07 Å². The number of ether oxygens (including phenoxy) is 2. The van der Waals surface area contributed by atoms with Crippen LogP contribution < -0.4 is 20.2 Å². The molecule has 28 heavy (non-hydrogen) atoms. The van der Waals surface area contributed by atoms with Crippen LogP contribution in [0.5, 0.6) is 11.5 Å². The van der Waals surface area contributed by atoms with Crippen LogP contribution in [0.1, 0.15) is 15.9 Å². The lowest BCUT2D eigenvalue weighted by atomic mass is 10.1. The molecule has 1 heterocycles. The standard InChI is InChI=1S/C19H15F3N2O4/c1-27-10-6-7-14(15(8-10)28-2)24-18(26)12-9-23-16-11(17(12)25)4-3-5-13(16)19(20,21)22/h3-9H,1-2H3,(H,23,25)(H,24,26). The molecule has 0 aliphatic rings. The number of nitrogens with one attached hydrogen (secondary N) is 2. The second-order valence-electron chi connectivity index (χ2n) is 5.78. The van der Waals surface area contributed by atoms with Crippen LogP contribution >= 0.6 is 0 Å². The Morgan fingerprint density at radius 2 is 1.86 bits per heavy atom. The Balaban J connectivity index is 2.02. The molecule has 0 atom stereocenters. The van der Waals surface area contributed by atoms with Crippen LogP contribution in [0.15, 0.2) is 47.4 Å². The smallest absolute Gasteiger partial charge is 0.418 e. The lowest BCUT2D eigenvalue weighted by molar-refractivity contribution is -0.136. The number of alkyl halides is 3. The van der Waals surface area contributed by atoms with Gasteiger partial charge in [-0.25, -0.2) is 0 Å². The molecular weight excluding hydrogens is 377 g/mol. The Labute approximate surface area is 156 Å². The van der Waals surface area contributed by atoms with Gasteiger partial charge in [-0.15, -0.1) is 0 Å². The van der Waals surface area contributed by atoms with Gasteiger partial charge in [-0.3, -0.25) is 9.59 Å². The summed E-state index contributed by atoms with van der Waals surface area (Å²) in [6.07, 6.45) is -3.67. The van der Waals surface area contributed by atoms with E-state index >= 15 is 0 Å². The van der Waals surface area contributed by atoms with Crippen molar-refractivity contribution >= 4 is 22.5 Å². The number of carbonyl (C=O) groups is 1. The van der Waals surface area contributed by atoms with E-state index in [1.165, 1.54) is 32.4 Å². The van der Waals surface area contributed by atoms with Crippen molar-refractivity contribution < 1.29 is 27.4 Å². The van der Waals surface area contributed by atoms with Crippen LogP contribution in [0.2, 0.25) is 0 Å². The fourth-order valence-corrected chi connectivity index (χ4v) is 2.75. The second-order valence-corrected chi connectivity index (χ2v) is 5.78. The predicted octanol–water partition coefficient (Wildman–Crippen LogP) is 3.82. The highest BCUT2D eigenvalue weighted by Crippen LogP contribution is 2.33. The number of hydrogen-bond acceptors (Lipinski definition) is 4. The molecule has 3 aromatic rings. The molecule has 6 nitrogen and oxygen atoms in total. The summed E-state index contributed by atoms with van der Waals surface area (Å²) in [6.45, 7) is 0. The van der Waals surface area contributed by atoms with E-state index in [-0.39, 0.29) is 22.2 Å². The number of aromatic amines is 1. The lowest BCUT2D eigenvalue weighted by Gasteiger charge is -2.13. The van der Waals surface area contributed by atoms with Gasteiger partial charge in [0.05, 0.1) is 31.0 Å². The zero-order valence-corrected chi connectivity index (χ0v) is 14.8. The van der Waals surface area contributed by atoms with Gasteiger partial charge in [0.25, 0.3) is 5.91 Å². The molecule has 0 radical (unpaired) electrons. The van der Waals surface area contributed by atoms with Gasteiger partial charge in [0.15, 0.2) is 0 Å². The van der Waals surface area contributed by atoms with E-state index in [0.717, 1.165) is 18.3 Å². The van der Waals surface area contributed by atoms with Gasteiger partial charge in [0, 0.05) is 17.6 Å². The second kappa shape index (κ2) is 7.26. The largest absolute Gasteiger partial charge is 0.497 e. The lowest BCUT2D eigenvalue weighted by Crippen LogP contribution is -2.23. The minimum atomic E-state index is -4.64. The molecule has 3 rings (SSSR count). The van der Waals surface area contributed by atoms with Gasteiger partial charge in [-0.2, -0.15) is 13.2 Å². The number of aromatic nitrogens is 1. The molecular formula is C19H15F3N2O4. The average molecular weight is 392 g/mol. The zero-order valence-electron chi connectivity index (χ0n) is 14.8. The van der Waals surface area contributed by atoms with Crippen LogP contribution in [0.25, 0.3) is 10.9 Å². The van der Waals surface area contributed by atoms with Crippen molar-refractivity contribution in [2.24, 2.45) is 0 Å². The summed E-state index contributed by atoms with van der Waals surface area (Å²) in [4.78, 5) is 27.6. The third-order valence-corrected chi connectivity index (χ3v) is 4.12. The number of hydrogen-bond donors (Lipinski definition) is 2. The van der Waals surface area contributed by atoms with E-state index in [9.17, 15) is 22.8 Å². The number of amides is 1. The highest BCUT2D eigenvalue weighted by molar-refractivity contribution is 6.06. The molecule has 0 fully saturated rings. The number of halogens is 3. The molecule has 0 bridgehead atoms. The maximum absolute atomic E-state index is 13.1. The van der Waals surface area contributed by atoms with Crippen LogP contribution in [0, 0.1) is 0 Å². The van der Waals surface area contributed by atoms with E-state index in [1.54, 1.807) is 6.07 Å². The van der Waals surface area contributed by atoms with Gasteiger partial charge in [0.2, 0.25) is 5.43 Å². The first-order chi connectivity index (χ1) is 13.3. The van der Waals surface area contributed by atoms with Crippen LogP contribution in [-0.2, 0) is 6.18 Å². The summed E-state index contributed by atoms with van der Waals surface area (Å²) >= 11 is 0. The Bertz CT molecular complexity index is 1110. The van der Waals surface area contributed by atoms with Gasteiger partial charge in [-0.05, 0) is 24.3 Å². The van der Waals surface area contributed by atoms with Crippen molar-refractivity contribution in [2.45, 2.75) is 6.18 Å². The summed E-state index contributed by atoms with van der Waals surface area (Å²) in [5.41, 5.74) is -2.23. The van der Waals surface area contributed by atoms with E-state index < -0.39 is 23.1 Å². The average Bonchev–Trinajstić information content (AvgIpc) is 2.67. The molecule has 146 valence electrons. The summed E-state index contributed by atoms with van der Waals surface area (Å²) in [7, 11) is 2.86. The summed E-state index contributed by atoms with van der Waals surface area (Å²) in [5.74, 6) is 0.00591. The zero-order chi connectivity index (χ0) is 20.5. The molecule has 0 spiro atoms. The number of fused-ring (bicyclic) bond motifs is 1. The monoisotopic (exact) mass is 392 g/mol. The van der Waals surface area contributed by atoms with Crippen LogP contribution in [0.4, 0.5) is 18.9 Å².